The lowest BCUT2D eigenvalue weighted by Gasteiger charge is -2.30. The van der Waals surface area contributed by atoms with Crippen molar-refractivity contribution in [1.29, 1.82) is 0 Å². The van der Waals surface area contributed by atoms with Gasteiger partial charge in [-0.1, -0.05) is 0 Å². The largest absolute Gasteiger partial charge is 0.391 e. The van der Waals surface area contributed by atoms with Crippen LogP contribution in [-0.2, 0) is 0 Å². The summed E-state index contributed by atoms with van der Waals surface area (Å²) in [5, 5.41) is 11.7. The third-order valence-electron chi connectivity index (χ3n) is 2.92. The van der Waals surface area contributed by atoms with Gasteiger partial charge in [-0.2, -0.15) is 0 Å². The molecule has 1 aliphatic heterocycles. The Hall–Kier alpha value is -1.76. The highest BCUT2D eigenvalue weighted by Crippen LogP contribution is 2.18. The fourth-order valence-corrected chi connectivity index (χ4v) is 1.97. The van der Waals surface area contributed by atoms with Crippen molar-refractivity contribution in [2.75, 3.05) is 18.4 Å². The average Bonchev–Trinajstić information content (AvgIpc) is 2.36. The second-order valence-electron chi connectivity index (χ2n) is 4.43. The SMILES string of the molecule is O=C(Nc1cc(F)c(F)c(F)c1)N1CCCC(O)C1. The van der Waals surface area contributed by atoms with Crippen molar-refractivity contribution >= 4 is 11.7 Å². The van der Waals surface area contributed by atoms with E-state index >= 15 is 0 Å². The molecule has 0 bridgehead atoms. The molecule has 0 aliphatic carbocycles. The van der Waals surface area contributed by atoms with Gasteiger partial charge in [0.15, 0.2) is 17.5 Å². The summed E-state index contributed by atoms with van der Waals surface area (Å²) in [5.41, 5.74) is -0.165. The molecule has 1 aromatic carbocycles. The van der Waals surface area contributed by atoms with Crippen LogP contribution in [-0.4, -0.2) is 35.2 Å². The number of carbonyl (C=O) groups excluding carboxylic acids is 1. The third kappa shape index (κ3) is 3.17. The molecule has 1 unspecified atom stereocenters. The summed E-state index contributed by atoms with van der Waals surface area (Å²) in [6.45, 7) is 0.618. The van der Waals surface area contributed by atoms with Crippen LogP contribution in [0, 0.1) is 17.5 Å². The number of nitrogens with one attached hydrogen (secondary N) is 1. The Morgan fingerprint density at radius 2 is 1.95 bits per heavy atom. The van der Waals surface area contributed by atoms with Gasteiger partial charge in [0.2, 0.25) is 0 Å². The van der Waals surface area contributed by atoms with Gasteiger partial charge in [0.25, 0.3) is 0 Å². The number of amides is 2. The molecule has 104 valence electrons. The molecule has 0 radical (unpaired) electrons. The van der Waals surface area contributed by atoms with E-state index in [1.807, 2.05) is 0 Å². The minimum Gasteiger partial charge on any atom is -0.391 e. The Morgan fingerprint density at radius 1 is 1.32 bits per heavy atom. The molecule has 2 N–H and O–H groups in total. The minimum atomic E-state index is -1.58. The van der Waals surface area contributed by atoms with Crippen LogP contribution in [0.15, 0.2) is 12.1 Å². The first-order valence-electron chi connectivity index (χ1n) is 5.86. The maximum atomic E-state index is 13.0. The molecular weight excluding hydrogens is 261 g/mol. The lowest BCUT2D eigenvalue weighted by Crippen LogP contribution is -2.44. The molecule has 4 nitrogen and oxygen atoms in total. The van der Waals surface area contributed by atoms with E-state index < -0.39 is 29.6 Å². The number of urea groups is 1. The number of halogens is 3. The van der Waals surface area contributed by atoms with Crippen molar-refractivity contribution in [2.45, 2.75) is 18.9 Å². The Bertz CT molecular complexity index is 473. The van der Waals surface area contributed by atoms with E-state index in [1.165, 1.54) is 4.90 Å². The maximum absolute atomic E-state index is 13.0. The molecule has 7 heteroatoms. The number of anilines is 1. The van der Waals surface area contributed by atoms with Crippen molar-refractivity contribution in [3.63, 3.8) is 0 Å². The number of rotatable bonds is 1. The van der Waals surface area contributed by atoms with Crippen LogP contribution >= 0.6 is 0 Å². The highest BCUT2D eigenvalue weighted by Gasteiger charge is 2.22. The molecule has 1 heterocycles. The van der Waals surface area contributed by atoms with Crippen molar-refractivity contribution < 1.29 is 23.1 Å². The molecular formula is C12H13F3N2O2. The van der Waals surface area contributed by atoms with Crippen LogP contribution < -0.4 is 5.32 Å². The van der Waals surface area contributed by atoms with Crippen LogP contribution in [0.4, 0.5) is 23.7 Å². The van der Waals surface area contributed by atoms with Crippen molar-refractivity contribution in [3.8, 4) is 0 Å². The molecule has 1 saturated heterocycles. The molecule has 2 rings (SSSR count). The van der Waals surface area contributed by atoms with E-state index in [1.54, 1.807) is 0 Å². The highest BCUT2D eigenvalue weighted by molar-refractivity contribution is 5.89. The molecule has 1 aromatic rings. The maximum Gasteiger partial charge on any atom is 0.321 e. The molecule has 0 aromatic heterocycles. The number of hydrogen-bond acceptors (Lipinski definition) is 2. The summed E-state index contributed by atoms with van der Waals surface area (Å²) >= 11 is 0. The number of nitrogens with zero attached hydrogens (tertiary/aromatic N) is 1. The summed E-state index contributed by atoms with van der Waals surface area (Å²) in [5.74, 6) is -4.31. The summed E-state index contributed by atoms with van der Waals surface area (Å²) in [6.07, 6.45) is 0.672. The molecule has 0 spiro atoms. The molecule has 1 atom stereocenters. The van der Waals surface area contributed by atoms with Gasteiger partial charge in [0.05, 0.1) is 6.10 Å². The summed E-state index contributed by atoms with van der Waals surface area (Å²) in [6, 6.07) is 0.831. The van der Waals surface area contributed by atoms with Gasteiger partial charge >= 0.3 is 6.03 Å². The monoisotopic (exact) mass is 274 g/mol. The predicted molar refractivity (Wildman–Crippen MR) is 62.1 cm³/mol. The normalized spacial score (nSPS) is 19.4. The topological polar surface area (TPSA) is 52.6 Å². The molecule has 0 saturated carbocycles. The molecule has 2 amide bonds. The lowest BCUT2D eigenvalue weighted by molar-refractivity contribution is 0.0883. The van der Waals surface area contributed by atoms with Crippen LogP contribution in [0.1, 0.15) is 12.8 Å². The number of carbonyl (C=O) groups is 1. The molecule has 1 fully saturated rings. The Balaban J connectivity index is 2.06. The fraction of sp³-hybridized carbons (Fsp3) is 0.417. The first kappa shape index (κ1) is 13.7. The van der Waals surface area contributed by atoms with Gasteiger partial charge in [-0.3, -0.25) is 0 Å². The van der Waals surface area contributed by atoms with E-state index in [9.17, 15) is 23.1 Å². The van der Waals surface area contributed by atoms with Gasteiger partial charge in [-0.15, -0.1) is 0 Å². The number of β-amino-alcohol motifs (C(OH)–C–C–N with tert-alkyl or cyclic N) is 1. The second kappa shape index (κ2) is 5.48. The Kier molecular flexibility index (Phi) is 3.94. The second-order valence-corrected chi connectivity index (χ2v) is 4.43. The highest BCUT2D eigenvalue weighted by atomic mass is 19.2. The average molecular weight is 274 g/mol. The van der Waals surface area contributed by atoms with Gasteiger partial charge in [0.1, 0.15) is 0 Å². The number of piperidine rings is 1. The fourth-order valence-electron chi connectivity index (χ4n) is 1.97. The van der Waals surface area contributed by atoms with Crippen molar-refractivity contribution in [2.24, 2.45) is 0 Å². The van der Waals surface area contributed by atoms with E-state index in [0.29, 0.717) is 31.5 Å². The standard InChI is InChI=1S/C12H13F3N2O2/c13-9-4-7(5-10(14)11(9)15)16-12(19)17-3-1-2-8(18)6-17/h4-5,8,18H,1-3,6H2,(H,16,19). The van der Waals surface area contributed by atoms with Gasteiger partial charge < -0.3 is 15.3 Å². The zero-order chi connectivity index (χ0) is 14.0. The van der Waals surface area contributed by atoms with Crippen LogP contribution in [0.3, 0.4) is 0 Å². The van der Waals surface area contributed by atoms with Crippen molar-refractivity contribution in [1.82, 2.24) is 4.90 Å². The Morgan fingerprint density at radius 3 is 2.53 bits per heavy atom. The number of aliphatic hydroxyl groups is 1. The first-order chi connectivity index (χ1) is 8.97. The number of aliphatic hydroxyl groups excluding tert-OH is 1. The summed E-state index contributed by atoms with van der Waals surface area (Å²) < 4.78 is 38.7. The van der Waals surface area contributed by atoms with Gasteiger partial charge in [-0.25, -0.2) is 18.0 Å². The Labute approximate surface area is 107 Å². The van der Waals surface area contributed by atoms with E-state index in [2.05, 4.69) is 5.32 Å². The van der Waals surface area contributed by atoms with Crippen molar-refractivity contribution in [3.05, 3.63) is 29.6 Å². The zero-order valence-corrected chi connectivity index (χ0v) is 10.00. The number of hydrogen-bond donors (Lipinski definition) is 2. The van der Waals surface area contributed by atoms with Gasteiger partial charge in [0, 0.05) is 30.9 Å². The first-order valence-corrected chi connectivity index (χ1v) is 5.86. The summed E-state index contributed by atoms with van der Waals surface area (Å²) in [7, 11) is 0. The molecule has 19 heavy (non-hydrogen) atoms. The predicted octanol–water partition coefficient (Wildman–Crippen LogP) is 2.09. The third-order valence-corrected chi connectivity index (χ3v) is 2.92. The smallest absolute Gasteiger partial charge is 0.321 e. The van der Waals surface area contributed by atoms with Crippen LogP contribution in [0.2, 0.25) is 0 Å². The number of likely N-dealkylation sites (tertiary alicyclic amines) is 1. The lowest BCUT2D eigenvalue weighted by atomic mass is 10.1. The zero-order valence-electron chi connectivity index (χ0n) is 10.00. The van der Waals surface area contributed by atoms with E-state index in [-0.39, 0.29) is 12.2 Å². The van der Waals surface area contributed by atoms with Crippen LogP contribution in [0.25, 0.3) is 0 Å². The van der Waals surface area contributed by atoms with E-state index in [0.717, 1.165) is 0 Å². The number of benzene rings is 1. The van der Waals surface area contributed by atoms with Crippen LogP contribution in [0.5, 0.6) is 0 Å². The van der Waals surface area contributed by atoms with E-state index in [4.69, 9.17) is 0 Å². The summed E-state index contributed by atoms with van der Waals surface area (Å²) in [4.78, 5) is 13.1. The quantitative estimate of drug-likeness (QED) is 0.770. The minimum absolute atomic E-state index is 0.165. The molecule has 1 aliphatic rings. The van der Waals surface area contributed by atoms with Gasteiger partial charge in [-0.05, 0) is 12.8 Å².